The number of halogens is 4. The lowest BCUT2D eigenvalue weighted by Gasteiger charge is -2.16. The van der Waals surface area contributed by atoms with E-state index in [9.17, 15) is 28.2 Å². The zero-order valence-electron chi connectivity index (χ0n) is 12.8. The Morgan fingerprint density at radius 1 is 1.19 bits per heavy atom. The van der Waals surface area contributed by atoms with E-state index in [0.717, 1.165) is 18.3 Å². The van der Waals surface area contributed by atoms with E-state index < -0.39 is 23.2 Å². The van der Waals surface area contributed by atoms with Gasteiger partial charge in [0.1, 0.15) is 11.3 Å². The summed E-state index contributed by atoms with van der Waals surface area (Å²) in [6.45, 7) is 0. The molecule has 26 heavy (non-hydrogen) atoms. The first kappa shape index (κ1) is 17.8. The molecule has 0 aliphatic rings. The van der Waals surface area contributed by atoms with Crippen molar-refractivity contribution in [3.05, 3.63) is 58.7 Å². The van der Waals surface area contributed by atoms with Crippen LogP contribution < -0.4 is 5.32 Å². The van der Waals surface area contributed by atoms with Gasteiger partial charge in [0, 0.05) is 16.6 Å². The van der Waals surface area contributed by atoms with Gasteiger partial charge >= 0.3 is 12.1 Å². The van der Waals surface area contributed by atoms with Gasteiger partial charge < -0.3 is 15.5 Å². The average molecular weight is 383 g/mol. The number of benzene rings is 2. The highest BCUT2D eigenvalue weighted by molar-refractivity contribution is 6.31. The van der Waals surface area contributed by atoms with Gasteiger partial charge in [-0.15, -0.1) is 0 Å². The Kier molecular flexibility index (Phi) is 4.37. The molecule has 1 aromatic heterocycles. The molecule has 1 heterocycles. The molecule has 0 fully saturated rings. The number of alkyl halides is 3. The number of anilines is 2. The summed E-state index contributed by atoms with van der Waals surface area (Å²) in [5.74, 6) is -1.64. The summed E-state index contributed by atoms with van der Waals surface area (Å²) in [6, 6.07) is 7.33. The molecule has 0 saturated carbocycles. The normalized spacial score (nSPS) is 11.5. The summed E-state index contributed by atoms with van der Waals surface area (Å²) >= 11 is 5.86. The van der Waals surface area contributed by atoms with Crippen LogP contribution in [0.3, 0.4) is 0 Å². The minimum absolute atomic E-state index is 0.0462. The van der Waals surface area contributed by atoms with Crippen LogP contribution in [0.4, 0.5) is 24.5 Å². The standard InChI is InChI=1S/C17H10ClF3N2O3/c18-8-4-5-13(24)12(6-8)23-14-9-2-1-3-11(17(19,20)21)15(9)22-7-10(14)16(25)26/h1-7,24H,(H,22,23)(H,25,26). The number of carboxylic acids is 1. The molecule has 134 valence electrons. The van der Waals surface area contributed by atoms with Crippen LogP contribution in [0.15, 0.2) is 42.6 Å². The number of fused-ring (bicyclic) bond motifs is 1. The molecule has 3 rings (SSSR count). The Bertz CT molecular complexity index is 1020. The fourth-order valence-electron chi connectivity index (χ4n) is 2.49. The summed E-state index contributed by atoms with van der Waals surface area (Å²) < 4.78 is 39.7. The lowest BCUT2D eigenvalue weighted by Crippen LogP contribution is -2.09. The molecule has 0 atom stereocenters. The second-order valence-corrected chi connectivity index (χ2v) is 5.77. The monoisotopic (exact) mass is 382 g/mol. The molecule has 0 amide bonds. The fraction of sp³-hybridized carbons (Fsp3) is 0.0588. The van der Waals surface area contributed by atoms with E-state index in [0.29, 0.717) is 0 Å². The summed E-state index contributed by atoms with van der Waals surface area (Å²) in [5.41, 5.74) is -1.84. The molecule has 2 aromatic carbocycles. The number of phenolic OH excluding ortho intramolecular Hbond substituents is 1. The van der Waals surface area contributed by atoms with E-state index in [1.54, 1.807) is 0 Å². The summed E-state index contributed by atoms with van der Waals surface area (Å²) in [4.78, 5) is 15.2. The number of aromatic nitrogens is 1. The molecule has 3 N–H and O–H groups in total. The first-order valence-corrected chi connectivity index (χ1v) is 7.54. The molecule has 0 unspecified atom stereocenters. The van der Waals surface area contributed by atoms with E-state index in [2.05, 4.69) is 10.3 Å². The van der Waals surface area contributed by atoms with Crippen molar-refractivity contribution in [1.82, 2.24) is 4.98 Å². The van der Waals surface area contributed by atoms with Gasteiger partial charge in [0.25, 0.3) is 0 Å². The van der Waals surface area contributed by atoms with E-state index in [1.807, 2.05) is 0 Å². The average Bonchev–Trinajstić information content (AvgIpc) is 2.56. The second kappa shape index (κ2) is 6.38. The fourth-order valence-corrected chi connectivity index (χ4v) is 2.66. The third kappa shape index (κ3) is 3.23. The minimum Gasteiger partial charge on any atom is -0.506 e. The van der Waals surface area contributed by atoms with Gasteiger partial charge in [0.2, 0.25) is 0 Å². The van der Waals surface area contributed by atoms with Crippen molar-refractivity contribution >= 4 is 39.8 Å². The van der Waals surface area contributed by atoms with E-state index in [1.165, 1.54) is 24.3 Å². The molecule has 0 spiro atoms. The first-order chi connectivity index (χ1) is 12.2. The number of aromatic hydroxyl groups is 1. The van der Waals surface area contributed by atoms with Crippen LogP contribution in [0.25, 0.3) is 10.9 Å². The number of pyridine rings is 1. The van der Waals surface area contributed by atoms with Crippen molar-refractivity contribution in [2.24, 2.45) is 0 Å². The predicted molar refractivity (Wildman–Crippen MR) is 90.1 cm³/mol. The van der Waals surface area contributed by atoms with Gasteiger partial charge in [-0.1, -0.05) is 23.7 Å². The number of hydrogen-bond donors (Lipinski definition) is 3. The third-order valence-electron chi connectivity index (χ3n) is 3.65. The molecule has 0 aliphatic carbocycles. The van der Waals surface area contributed by atoms with Gasteiger partial charge in [-0.2, -0.15) is 13.2 Å². The van der Waals surface area contributed by atoms with Crippen molar-refractivity contribution in [2.45, 2.75) is 6.18 Å². The van der Waals surface area contributed by atoms with E-state index in [4.69, 9.17) is 11.6 Å². The number of hydrogen-bond acceptors (Lipinski definition) is 4. The van der Waals surface area contributed by atoms with Crippen LogP contribution in [-0.4, -0.2) is 21.2 Å². The van der Waals surface area contributed by atoms with Gasteiger partial charge in [0.15, 0.2) is 0 Å². The number of nitrogens with one attached hydrogen (secondary N) is 1. The molecular formula is C17H10ClF3N2O3. The van der Waals surface area contributed by atoms with Crippen molar-refractivity contribution < 1.29 is 28.2 Å². The van der Waals surface area contributed by atoms with Crippen LogP contribution in [0.1, 0.15) is 15.9 Å². The number of nitrogens with zero attached hydrogens (tertiary/aromatic N) is 1. The molecular weight excluding hydrogens is 373 g/mol. The topological polar surface area (TPSA) is 82.5 Å². The van der Waals surface area contributed by atoms with Crippen LogP contribution in [-0.2, 0) is 6.18 Å². The van der Waals surface area contributed by atoms with Crippen LogP contribution in [0.2, 0.25) is 5.02 Å². The smallest absolute Gasteiger partial charge is 0.418 e. The van der Waals surface area contributed by atoms with Crippen LogP contribution in [0, 0.1) is 0 Å². The van der Waals surface area contributed by atoms with Gasteiger partial charge in [-0.25, -0.2) is 4.79 Å². The molecule has 0 bridgehead atoms. The Balaban J connectivity index is 2.29. The molecule has 0 saturated heterocycles. The maximum absolute atomic E-state index is 13.2. The number of aromatic carboxylic acids is 1. The van der Waals surface area contributed by atoms with Crippen LogP contribution in [0.5, 0.6) is 5.75 Å². The van der Waals surface area contributed by atoms with E-state index in [-0.39, 0.29) is 33.1 Å². The Morgan fingerprint density at radius 2 is 1.92 bits per heavy atom. The minimum atomic E-state index is -4.66. The summed E-state index contributed by atoms with van der Waals surface area (Å²) in [7, 11) is 0. The van der Waals surface area contributed by atoms with Crippen molar-refractivity contribution in [3.8, 4) is 5.75 Å². The zero-order chi connectivity index (χ0) is 19.1. The van der Waals surface area contributed by atoms with Crippen molar-refractivity contribution in [2.75, 3.05) is 5.32 Å². The Labute approximate surface area is 149 Å². The van der Waals surface area contributed by atoms with Crippen molar-refractivity contribution in [1.29, 1.82) is 0 Å². The molecule has 9 heteroatoms. The maximum atomic E-state index is 13.2. The number of phenols is 1. The molecule has 0 radical (unpaired) electrons. The molecule has 5 nitrogen and oxygen atoms in total. The molecule has 0 aliphatic heterocycles. The number of rotatable bonds is 3. The lowest BCUT2D eigenvalue weighted by molar-refractivity contribution is -0.136. The summed E-state index contributed by atoms with van der Waals surface area (Å²) in [6.07, 6.45) is -3.82. The summed E-state index contributed by atoms with van der Waals surface area (Å²) in [5, 5.41) is 22.1. The number of para-hydroxylation sites is 1. The molecule has 3 aromatic rings. The second-order valence-electron chi connectivity index (χ2n) is 5.34. The highest BCUT2D eigenvalue weighted by atomic mass is 35.5. The third-order valence-corrected chi connectivity index (χ3v) is 3.89. The SMILES string of the molecule is O=C(O)c1cnc2c(C(F)(F)F)cccc2c1Nc1cc(Cl)ccc1O. The lowest BCUT2D eigenvalue weighted by atomic mass is 10.0. The number of carbonyl (C=O) groups is 1. The van der Waals surface area contributed by atoms with Gasteiger partial charge in [-0.05, 0) is 24.3 Å². The Hall–Kier alpha value is -3.00. The van der Waals surface area contributed by atoms with Crippen molar-refractivity contribution in [3.63, 3.8) is 0 Å². The zero-order valence-corrected chi connectivity index (χ0v) is 13.6. The maximum Gasteiger partial charge on any atom is 0.418 e. The highest BCUT2D eigenvalue weighted by Crippen LogP contribution is 2.39. The van der Waals surface area contributed by atoms with Crippen LogP contribution >= 0.6 is 11.6 Å². The highest BCUT2D eigenvalue weighted by Gasteiger charge is 2.34. The van der Waals surface area contributed by atoms with E-state index >= 15 is 0 Å². The quantitative estimate of drug-likeness (QED) is 0.552. The van der Waals surface area contributed by atoms with Gasteiger partial charge in [0.05, 0.1) is 22.5 Å². The Morgan fingerprint density at radius 3 is 2.58 bits per heavy atom. The first-order valence-electron chi connectivity index (χ1n) is 7.16. The predicted octanol–water partition coefficient (Wildman–Crippen LogP) is 5.05. The largest absolute Gasteiger partial charge is 0.506 e. The van der Waals surface area contributed by atoms with Gasteiger partial charge in [-0.3, -0.25) is 4.98 Å². The number of carboxylic acid groups (broad SMARTS) is 1.